The van der Waals surface area contributed by atoms with Gasteiger partial charge in [0, 0.05) is 15.0 Å². The van der Waals surface area contributed by atoms with Crippen LogP contribution < -0.4 is 0 Å². The maximum absolute atomic E-state index is 2.41. The topological polar surface area (TPSA) is 0 Å². The third-order valence-electron chi connectivity index (χ3n) is 7.47. The molecule has 0 atom stereocenters. The molecule has 6 aromatic rings. The Kier molecular flexibility index (Phi) is 4.16. The average molecular weight is 453 g/mol. The van der Waals surface area contributed by atoms with Crippen molar-refractivity contribution in [3.05, 3.63) is 120 Å². The van der Waals surface area contributed by atoms with E-state index in [1.165, 1.54) is 64.7 Å². The van der Waals surface area contributed by atoms with Gasteiger partial charge in [-0.25, -0.2) is 0 Å². The Balaban J connectivity index is 1.33. The monoisotopic (exact) mass is 452 g/mol. The maximum atomic E-state index is 2.41. The second kappa shape index (κ2) is 7.16. The molecule has 1 aromatic heterocycles. The third-order valence-corrected chi connectivity index (χ3v) is 8.71. The number of benzene rings is 5. The molecule has 0 unspecified atom stereocenters. The zero-order valence-electron chi connectivity index (χ0n) is 19.3. The molecular formula is C33H24S. The van der Waals surface area contributed by atoms with Crippen molar-refractivity contribution >= 4 is 32.2 Å². The molecule has 1 heterocycles. The van der Waals surface area contributed by atoms with Crippen LogP contribution in [0.1, 0.15) is 25.0 Å². The first-order chi connectivity index (χ1) is 16.6. The van der Waals surface area contributed by atoms with E-state index in [-0.39, 0.29) is 5.41 Å². The molecule has 0 amide bonds. The van der Waals surface area contributed by atoms with Crippen molar-refractivity contribution in [2.45, 2.75) is 19.3 Å². The van der Waals surface area contributed by atoms with Crippen molar-refractivity contribution in [2.24, 2.45) is 0 Å². The Morgan fingerprint density at radius 1 is 0.529 bits per heavy atom. The smallest absolute Gasteiger partial charge is 0.0427 e. The molecule has 7 rings (SSSR count). The van der Waals surface area contributed by atoms with E-state index < -0.39 is 0 Å². The van der Waals surface area contributed by atoms with Crippen LogP contribution in [0, 0.1) is 0 Å². The molecule has 0 saturated heterocycles. The Bertz CT molecular complexity index is 1730. The lowest BCUT2D eigenvalue weighted by atomic mass is 9.81. The summed E-state index contributed by atoms with van der Waals surface area (Å²) >= 11 is 1.90. The van der Waals surface area contributed by atoms with Crippen molar-refractivity contribution in [1.82, 2.24) is 0 Å². The molecule has 0 N–H and O–H groups in total. The number of rotatable bonds is 2. The van der Waals surface area contributed by atoms with E-state index in [1.807, 2.05) is 11.3 Å². The third kappa shape index (κ3) is 2.84. The van der Waals surface area contributed by atoms with Gasteiger partial charge in [-0.05, 0) is 73.3 Å². The van der Waals surface area contributed by atoms with Crippen LogP contribution >= 0.6 is 11.3 Å². The van der Waals surface area contributed by atoms with E-state index in [1.54, 1.807) is 0 Å². The zero-order valence-corrected chi connectivity index (χ0v) is 20.1. The number of hydrogen-bond acceptors (Lipinski definition) is 1. The Morgan fingerprint density at radius 3 is 2.21 bits per heavy atom. The highest BCUT2D eigenvalue weighted by Crippen LogP contribution is 2.49. The van der Waals surface area contributed by atoms with Crippen molar-refractivity contribution in [1.29, 1.82) is 0 Å². The van der Waals surface area contributed by atoms with Gasteiger partial charge in [0.1, 0.15) is 0 Å². The molecule has 162 valence electrons. The van der Waals surface area contributed by atoms with Crippen LogP contribution in [-0.4, -0.2) is 0 Å². The summed E-state index contributed by atoms with van der Waals surface area (Å²) in [6, 6.07) is 40.4. The van der Waals surface area contributed by atoms with Gasteiger partial charge >= 0.3 is 0 Å². The standard InChI is InChI=1S/C33H24S/c1-33(2)29-13-6-5-12-27(29)28-17-16-23(19-30(28)33)22-9-7-10-24(18-22)31-20-25-15-14-21-8-3-4-11-26(21)32(25)34-31/h3-20H,1-2H3. The fraction of sp³-hybridized carbons (Fsp3) is 0.0909. The minimum absolute atomic E-state index is 0.0199. The molecule has 0 spiro atoms. The highest BCUT2D eigenvalue weighted by atomic mass is 32.1. The summed E-state index contributed by atoms with van der Waals surface area (Å²) < 4.78 is 1.37. The summed E-state index contributed by atoms with van der Waals surface area (Å²) in [6.45, 7) is 4.69. The largest absolute Gasteiger partial charge is 0.135 e. The lowest BCUT2D eigenvalue weighted by molar-refractivity contribution is 0.660. The fourth-order valence-corrected chi connectivity index (χ4v) is 6.84. The second-order valence-corrected chi connectivity index (χ2v) is 10.9. The van der Waals surface area contributed by atoms with Crippen molar-refractivity contribution in [3.8, 4) is 32.7 Å². The van der Waals surface area contributed by atoms with Gasteiger partial charge in [-0.3, -0.25) is 0 Å². The van der Waals surface area contributed by atoms with Crippen LogP contribution in [-0.2, 0) is 5.41 Å². The minimum atomic E-state index is 0.0199. The second-order valence-electron chi connectivity index (χ2n) is 9.83. The van der Waals surface area contributed by atoms with Gasteiger partial charge in [0.25, 0.3) is 0 Å². The van der Waals surface area contributed by atoms with E-state index in [4.69, 9.17) is 0 Å². The van der Waals surface area contributed by atoms with E-state index >= 15 is 0 Å². The lowest BCUT2D eigenvalue weighted by Gasteiger charge is -2.22. The van der Waals surface area contributed by atoms with Gasteiger partial charge in [0.2, 0.25) is 0 Å². The highest BCUT2D eigenvalue weighted by molar-refractivity contribution is 7.23. The van der Waals surface area contributed by atoms with E-state index in [2.05, 4.69) is 123 Å². The minimum Gasteiger partial charge on any atom is -0.135 e. The normalized spacial score (nSPS) is 13.8. The summed E-state index contributed by atoms with van der Waals surface area (Å²) in [5, 5.41) is 3.97. The molecule has 0 radical (unpaired) electrons. The molecule has 0 aliphatic heterocycles. The number of thiophene rings is 1. The van der Waals surface area contributed by atoms with Crippen LogP contribution in [0.4, 0.5) is 0 Å². The summed E-state index contributed by atoms with van der Waals surface area (Å²) in [4.78, 5) is 1.32. The summed E-state index contributed by atoms with van der Waals surface area (Å²) in [5.74, 6) is 0. The van der Waals surface area contributed by atoms with Crippen molar-refractivity contribution < 1.29 is 0 Å². The first-order valence-corrected chi connectivity index (χ1v) is 12.7. The van der Waals surface area contributed by atoms with E-state index in [0.717, 1.165) is 0 Å². The van der Waals surface area contributed by atoms with Crippen molar-refractivity contribution in [3.63, 3.8) is 0 Å². The van der Waals surface area contributed by atoms with E-state index in [9.17, 15) is 0 Å². The van der Waals surface area contributed by atoms with Gasteiger partial charge in [-0.1, -0.05) is 105 Å². The molecule has 0 nitrogen and oxygen atoms in total. The molecule has 0 fully saturated rings. The predicted molar refractivity (Wildman–Crippen MR) is 148 cm³/mol. The van der Waals surface area contributed by atoms with Gasteiger partial charge < -0.3 is 0 Å². The fourth-order valence-electron chi connectivity index (χ4n) is 5.65. The van der Waals surface area contributed by atoms with Crippen LogP contribution in [0.2, 0.25) is 0 Å². The molecule has 0 bridgehead atoms. The molecule has 0 saturated carbocycles. The zero-order chi connectivity index (χ0) is 22.9. The quantitative estimate of drug-likeness (QED) is 0.245. The molecule has 1 aliphatic rings. The van der Waals surface area contributed by atoms with Gasteiger partial charge in [-0.2, -0.15) is 0 Å². The molecular weight excluding hydrogens is 428 g/mol. The van der Waals surface area contributed by atoms with Gasteiger partial charge in [0.15, 0.2) is 0 Å². The lowest BCUT2D eigenvalue weighted by Crippen LogP contribution is -2.14. The number of hydrogen-bond donors (Lipinski definition) is 0. The van der Waals surface area contributed by atoms with Crippen LogP contribution in [0.3, 0.4) is 0 Å². The average Bonchev–Trinajstić information content (AvgIpc) is 3.42. The summed E-state index contributed by atoms with van der Waals surface area (Å²) in [7, 11) is 0. The molecule has 1 aliphatic carbocycles. The Hall–Kier alpha value is -3.68. The maximum Gasteiger partial charge on any atom is 0.0427 e. The first kappa shape index (κ1) is 19.8. The summed E-state index contributed by atoms with van der Waals surface area (Å²) in [6.07, 6.45) is 0. The first-order valence-electron chi connectivity index (χ1n) is 11.9. The van der Waals surface area contributed by atoms with Crippen LogP contribution in [0.25, 0.3) is 53.6 Å². The number of fused-ring (bicyclic) bond motifs is 6. The Labute approximate surface area is 204 Å². The van der Waals surface area contributed by atoms with Crippen LogP contribution in [0.15, 0.2) is 109 Å². The van der Waals surface area contributed by atoms with Gasteiger partial charge in [-0.15, -0.1) is 11.3 Å². The summed E-state index contributed by atoms with van der Waals surface area (Å²) in [5.41, 5.74) is 9.45. The highest BCUT2D eigenvalue weighted by Gasteiger charge is 2.35. The molecule has 34 heavy (non-hydrogen) atoms. The SMILES string of the molecule is CC1(C)c2ccccc2-c2ccc(-c3cccc(-c4cc5ccc6ccccc6c5s4)c3)cc21. The predicted octanol–water partition coefficient (Wildman–Crippen LogP) is 9.69. The van der Waals surface area contributed by atoms with E-state index in [0.29, 0.717) is 0 Å². The Morgan fingerprint density at radius 2 is 1.26 bits per heavy atom. The van der Waals surface area contributed by atoms with Gasteiger partial charge in [0.05, 0.1) is 0 Å². The van der Waals surface area contributed by atoms with Crippen LogP contribution in [0.5, 0.6) is 0 Å². The molecule has 1 heteroatoms. The van der Waals surface area contributed by atoms with Crippen molar-refractivity contribution in [2.75, 3.05) is 0 Å². The molecule has 5 aromatic carbocycles.